The number of nitrogens with zero attached hydrogens (tertiary/aromatic N) is 1. The van der Waals surface area contributed by atoms with Crippen LogP contribution < -0.4 is 0 Å². The first-order valence-electron chi connectivity index (χ1n) is 10.9. The number of hydrogen-bond donors (Lipinski definition) is 5. The summed E-state index contributed by atoms with van der Waals surface area (Å²) >= 11 is 0. The van der Waals surface area contributed by atoms with Crippen LogP contribution in [0, 0.1) is 0 Å². The highest BCUT2D eigenvalue weighted by molar-refractivity contribution is 5.83. The average molecular weight is 462 g/mol. The Kier molecular flexibility index (Phi) is 11.7. The Labute approximate surface area is 194 Å². The van der Waals surface area contributed by atoms with Gasteiger partial charge in [0.2, 0.25) is 0 Å². The van der Waals surface area contributed by atoms with Crippen molar-refractivity contribution in [2.45, 2.75) is 50.9 Å². The fraction of sp³-hybridized carbons (Fsp3) is 0.440. The molecule has 8 heteroatoms. The van der Waals surface area contributed by atoms with E-state index in [-0.39, 0.29) is 5.92 Å². The van der Waals surface area contributed by atoms with E-state index >= 15 is 0 Å². The second kappa shape index (κ2) is 13.7. The summed E-state index contributed by atoms with van der Waals surface area (Å²) < 4.78 is 0. The first-order valence-corrected chi connectivity index (χ1v) is 10.9. The number of rotatable bonds is 11. The number of aliphatic carboxylic acids is 2. The van der Waals surface area contributed by atoms with E-state index < -0.39 is 29.7 Å². The van der Waals surface area contributed by atoms with Crippen LogP contribution in [-0.2, 0) is 9.59 Å². The number of carboxylic acids is 2. The predicted octanol–water partition coefficient (Wildman–Crippen LogP) is 2.18. The Morgan fingerprint density at radius 1 is 0.818 bits per heavy atom. The van der Waals surface area contributed by atoms with E-state index in [1.807, 2.05) is 43.3 Å². The van der Waals surface area contributed by atoms with Crippen molar-refractivity contribution in [3.63, 3.8) is 0 Å². The molecule has 0 fully saturated rings. The molecule has 3 unspecified atom stereocenters. The van der Waals surface area contributed by atoms with Crippen LogP contribution in [0.4, 0.5) is 0 Å². The quantitative estimate of drug-likeness (QED) is 0.343. The third-order valence-corrected chi connectivity index (χ3v) is 5.52. The summed E-state index contributed by atoms with van der Waals surface area (Å²) in [7, 11) is 0. The van der Waals surface area contributed by atoms with Gasteiger partial charge in [0.05, 0.1) is 5.60 Å². The topological polar surface area (TPSA) is 139 Å². The van der Waals surface area contributed by atoms with Crippen LogP contribution >= 0.6 is 0 Å². The molecule has 2 aromatic carbocycles. The zero-order valence-electron chi connectivity index (χ0n) is 19.3. The molecule has 0 saturated carbocycles. The largest absolute Gasteiger partial charge is 0.479 e. The molecule has 0 heterocycles. The molecule has 5 N–H and O–H groups in total. The molecule has 2 aromatic rings. The molecule has 0 spiro atoms. The van der Waals surface area contributed by atoms with Gasteiger partial charge in [-0.25, -0.2) is 9.59 Å². The molecule has 2 rings (SSSR count). The van der Waals surface area contributed by atoms with Crippen LogP contribution in [0.15, 0.2) is 60.7 Å². The van der Waals surface area contributed by atoms with E-state index in [0.29, 0.717) is 0 Å². The summed E-state index contributed by atoms with van der Waals surface area (Å²) in [4.78, 5) is 21.9. The van der Waals surface area contributed by atoms with Crippen molar-refractivity contribution in [3.05, 3.63) is 71.8 Å². The second-order valence-electron chi connectivity index (χ2n) is 7.95. The molecule has 0 amide bonds. The number of benzene rings is 2. The van der Waals surface area contributed by atoms with Gasteiger partial charge in [0.15, 0.2) is 12.2 Å². The molecule has 0 bridgehead atoms. The van der Waals surface area contributed by atoms with Crippen molar-refractivity contribution in [1.82, 2.24) is 4.90 Å². The molecule has 0 aliphatic heterocycles. The van der Waals surface area contributed by atoms with Crippen LogP contribution in [0.5, 0.6) is 0 Å². The zero-order valence-corrected chi connectivity index (χ0v) is 19.3. The molecule has 0 aliphatic carbocycles. The molecule has 0 saturated heterocycles. The summed E-state index contributed by atoms with van der Waals surface area (Å²) in [5, 5.41) is 43.8. The van der Waals surface area contributed by atoms with Crippen LogP contribution in [-0.4, -0.2) is 79.8 Å². The minimum absolute atomic E-state index is 0.0135. The van der Waals surface area contributed by atoms with Crippen LogP contribution in [0.2, 0.25) is 0 Å². The average Bonchev–Trinajstić information content (AvgIpc) is 2.80. The maximum atomic E-state index is 11.3. The minimum Gasteiger partial charge on any atom is -0.479 e. The SMILES string of the molecule is CCN(CC)CCC(C)(O)C(c1ccccc1)c1ccccc1.O=C(O)C(O)C(O)C(=O)O. The molecule has 8 nitrogen and oxygen atoms in total. The summed E-state index contributed by atoms with van der Waals surface area (Å²) in [5.74, 6) is -3.55. The van der Waals surface area contributed by atoms with Crippen molar-refractivity contribution in [2.24, 2.45) is 0 Å². The standard InChI is InChI=1S/C21H29NO.C4H6O6/c1-4-22(5-2)17-16-21(3,23)20(18-12-8-6-9-13-18)19-14-10-7-11-15-19;5-1(3(7)8)2(6)4(9)10/h6-15,20,23H,4-5,16-17H2,1-3H3;1-2,5-6H,(H,7,8)(H,9,10). The maximum Gasteiger partial charge on any atom is 0.335 e. The molecular weight excluding hydrogens is 426 g/mol. The Hall–Kier alpha value is -2.78. The summed E-state index contributed by atoms with van der Waals surface area (Å²) in [5.41, 5.74) is 1.55. The van der Waals surface area contributed by atoms with Gasteiger partial charge in [-0.05, 0) is 37.6 Å². The van der Waals surface area contributed by atoms with Crippen LogP contribution in [0.25, 0.3) is 0 Å². The lowest BCUT2D eigenvalue weighted by Crippen LogP contribution is -2.39. The third-order valence-electron chi connectivity index (χ3n) is 5.52. The molecule has 0 aliphatic rings. The fourth-order valence-corrected chi connectivity index (χ4v) is 3.54. The molecule has 3 atom stereocenters. The Morgan fingerprint density at radius 3 is 1.48 bits per heavy atom. The number of carboxylic acid groups (broad SMARTS) is 2. The number of aliphatic hydroxyl groups excluding tert-OH is 2. The van der Waals surface area contributed by atoms with Gasteiger partial charge in [0.25, 0.3) is 0 Å². The van der Waals surface area contributed by atoms with Crippen molar-refractivity contribution in [2.75, 3.05) is 19.6 Å². The third kappa shape index (κ3) is 8.94. The Balaban J connectivity index is 0.000000461. The first-order chi connectivity index (χ1) is 15.5. The van der Waals surface area contributed by atoms with Crippen molar-refractivity contribution in [1.29, 1.82) is 0 Å². The van der Waals surface area contributed by atoms with E-state index in [1.165, 1.54) is 11.1 Å². The van der Waals surface area contributed by atoms with Gasteiger partial charge in [-0.1, -0.05) is 74.5 Å². The van der Waals surface area contributed by atoms with Crippen LogP contribution in [0.1, 0.15) is 44.2 Å². The van der Waals surface area contributed by atoms with Gasteiger partial charge in [-0.3, -0.25) is 0 Å². The smallest absolute Gasteiger partial charge is 0.335 e. The number of hydrogen-bond acceptors (Lipinski definition) is 6. The van der Waals surface area contributed by atoms with Gasteiger partial charge in [-0.2, -0.15) is 0 Å². The summed E-state index contributed by atoms with van der Waals surface area (Å²) in [6, 6.07) is 20.7. The summed E-state index contributed by atoms with van der Waals surface area (Å²) in [6.07, 6.45) is -3.78. The molecular formula is C25H35NO7. The first kappa shape index (κ1) is 28.3. The van der Waals surface area contributed by atoms with E-state index in [2.05, 4.69) is 43.0 Å². The minimum atomic E-state index is -2.27. The van der Waals surface area contributed by atoms with Gasteiger partial charge in [-0.15, -0.1) is 0 Å². The van der Waals surface area contributed by atoms with Crippen LogP contribution in [0.3, 0.4) is 0 Å². The van der Waals surface area contributed by atoms with Gasteiger partial charge >= 0.3 is 11.9 Å². The van der Waals surface area contributed by atoms with Crippen molar-refractivity contribution < 1.29 is 35.1 Å². The van der Waals surface area contributed by atoms with E-state index in [0.717, 1.165) is 26.1 Å². The highest BCUT2D eigenvalue weighted by Gasteiger charge is 2.34. The van der Waals surface area contributed by atoms with Gasteiger partial charge in [0.1, 0.15) is 0 Å². The molecule has 182 valence electrons. The molecule has 0 radical (unpaired) electrons. The number of carbonyl (C=O) groups is 2. The lowest BCUT2D eigenvalue weighted by atomic mass is 9.76. The van der Waals surface area contributed by atoms with E-state index in [1.54, 1.807) is 0 Å². The van der Waals surface area contributed by atoms with Gasteiger partial charge in [0, 0.05) is 12.5 Å². The van der Waals surface area contributed by atoms with Gasteiger partial charge < -0.3 is 30.4 Å². The Bertz CT molecular complexity index is 781. The second-order valence-corrected chi connectivity index (χ2v) is 7.95. The lowest BCUT2D eigenvalue weighted by molar-refractivity contribution is -0.165. The normalized spacial score (nSPS) is 14.7. The highest BCUT2D eigenvalue weighted by Crippen LogP contribution is 2.37. The molecule has 0 aromatic heterocycles. The fourth-order valence-electron chi connectivity index (χ4n) is 3.54. The van der Waals surface area contributed by atoms with Crippen molar-refractivity contribution >= 4 is 11.9 Å². The zero-order chi connectivity index (χ0) is 25.0. The summed E-state index contributed by atoms with van der Waals surface area (Å²) in [6.45, 7) is 9.27. The monoisotopic (exact) mass is 461 g/mol. The maximum absolute atomic E-state index is 11.3. The molecule has 33 heavy (non-hydrogen) atoms. The van der Waals surface area contributed by atoms with E-state index in [4.69, 9.17) is 20.4 Å². The highest BCUT2D eigenvalue weighted by atomic mass is 16.4. The number of aliphatic hydroxyl groups is 3. The lowest BCUT2D eigenvalue weighted by Gasteiger charge is -2.35. The van der Waals surface area contributed by atoms with Crippen molar-refractivity contribution in [3.8, 4) is 0 Å². The van der Waals surface area contributed by atoms with E-state index in [9.17, 15) is 14.7 Å². The predicted molar refractivity (Wildman–Crippen MR) is 125 cm³/mol. The Morgan fingerprint density at radius 2 is 1.18 bits per heavy atom.